The van der Waals surface area contributed by atoms with E-state index < -0.39 is 5.25 Å². The van der Waals surface area contributed by atoms with Gasteiger partial charge in [0.1, 0.15) is 0 Å². The van der Waals surface area contributed by atoms with Crippen LogP contribution in [-0.2, 0) is 4.79 Å². The van der Waals surface area contributed by atoms with E-state index in [0.717, 1.165) is 22.3 Å². The Balaban J connectivity index is 1.69. The normalized spacial score (nSPS) is 12.0. The Morgan fingerprint density at radius 2 is 1.85 bits per heavy atom. The predicted molar refractivity (Wildman–Crippen MR) is 109 cm³/mol. The van der Waals surface area contributed by atoms with Crippen LogP contribution < -0.4 is 5.32 Å². The van der Waals surface area contributed by atoms with Crippen molar-refractivity contribution in [1.29, 1.82) is 0 Å². The van der Waals surface area contributed by atoms with Crippen LogP contribution in [0, 0.1) is 20.8 Å². The first-order valence-electron chi connectivity index (χ1n) is 8.48. The van der Waals surface area contributed by atoms with Crippen LogP contribution in [0.3, 0.4) is 0 Å². The van der Waals surface area contributed by atoms with Gasteiger partial charge in [-0.25, -0.2) is 0 Å². The van der Waals surface area contributed by atoms with E-state index in [1.807, 2.05) is 39.0 Å². The average Bonchev–Trinajstić information content (AvgIpc) is 3.06. The van der Waals surface area contributed by atoms with Crippen molar-refractivity contribution in [1.82, 2.24) is 10.2 Å². The molecule has 1 amide bonds. The summed E-state index contributed by atoms with van der Waals surface area (Å²) in [5.41, 5.74) is 4.66. The highest BCUT2D eigenvalue weighted by Gasteiger charge is 2.20. The van der Waals surface area contributed by atoms with E-state index in [1.54, 1.807) is 19.1 Å². The fraction of sp³-hybridized carbons (Fsp3) is 0.250. The zero-order valence-corrected chi connectivity index (χ0v) is 17.1. The quantitative estimate of drug-likeness (QED) is 0.577. The molecule has 0 fully saturated rings. The summed E-state index contributed by atoms with van der Waals surface area (Å²) in [5.74, 6) is 0.291. The molecule has 2 aromatic carbocycles. The average molecular weight is 402 g/mol. The third-order valence-corrected chi connectivity index (χ3v) is 5.39. The number of carbonyl (C=O) groups is 1. The molecule has 1 N–H and O–H groups in total. The van der Waals surface area contributed by atoms with Crippen molar-refractivity contribution >= 4 is 35.0 Å². The summed E-state index contributed by atoms with van der Waals surface area (Å²) in [6.07, 6.45) is 0. The summed E-state index contributed by atoms with van der Waals surface area (Å²) in [5, 5.41) is 11.6. The van der Waals surface area contributed by atoms with Gasteiger partial charge in [0.15, 0.2) is 0 Å². The second kappa shape index (κ2) is 8.15. The lowest BCUT2D eigenvalue weighted by Crippen LogP contribution is -2.22. The molecular formula is C20H20ClN3O2S. The molecule has 0 bridgehead atoms. The molecule has 0 radical (unpaired) electrons. The number of amides is 1. The first kappa shape index (κ1) is 19.5. The Bertz CT molecular complexity index is 967. The number of halogens is 1. The molecule has 0 aliphatic rings. The van der Waals surface area contributed by atoms with Crippen LogP contribution in [0.2, 0.25) is 5.02 Å². The maximum atomic E-state index is 12.5. The maximum Gasteiger partial charge on any atom is 0.277 e. The minimum Gasteiger partial charge on any atom is -0.411 e. The Labute approximate surface area is 167 Å². The summed E-state index contributed by atoms with van der Waals surface area (Å²) in [6, 6.07) is 11.5. The molecule has 0 saturated carbocycles. The minimum absolute atomic E-state index is 0.156. The molecule has 0 aliphatic carbocycles. The van der Waals surface area contributed by atoms with Crippen molar-refractivity contribution in [2.75, 3.05) is 5.32 Å². The number of benzene rings is 2. The van der Waals surface area contributed by atoms with Crippen LogP contribution in [0.25, 0.3) is 11.5 Å². The van der Waals surface area contributed by atoms with E-state index in [2.05, 4.69) is 21.6 Å². The second-order valence-electron chi connectivity index (χ2n) is 6.41. The molecule has 0 aliphatic heterocycles. The van der Waals surface area contributed by atoms with Gasteiger partial charge < -0.3 is 9.73 Å². The van der Waals surface area contributed by atoms with Gasteiger partial charge in [-0.2, -0.15) is 0 Å². The van der Waals surface area contributed by atoms with Crippen molar-refractivity contribution in [2.24, 2.45) is 0 Å². The van der Waals surface area contributed by atoms with Crippen LogP contribution in [0.5, 0.6) is 0 Å². The number of anilines is 1. The van der Waals surface area contributed by atoms with Crippen molar-refractivity contribution in [2.45, 2.75) is 38.2 Å². The molecule has 0 unspecified atom stereocenters. The van der Waals surface area contributed by atoms with Gasteiger partial charge in [0, 0.05) is 16.3 Å². The fourth-order valence-electron chi connectivity index (χ4n) is 2.65. The van der Waals surface area contributed by atoms with E-state index in [0.29, 0.717) is 21.8 Å². The molecular weight excluding hydrogens is 382 g/mol. The molecule has 7 heteroatoms. The van der Waals surface area contributed by atoms with Crippen LogP contribution in [0.4, 0.5) is 5.69 Å². The number of aryl methyl sites for hydroxylation is 2. The smallest absolute Gasteiger partial charge is 0.277 e. The summed E-state index contributed by atoms with van der Waals surface area (Å²) >= 11 is 7.32. The van der Waals surface area contributed by atoms with E-state index in [9.17, 15) is 4.79 Å². The highest BCUT2D eigenvalue weighted by molar-refractivity contribution is 8.00. The first-order chi connectivity index (χ1) is 12.8. The van der Waals surface area contributed by atoms with Gasteiger partial charge in [0.05, 0.1) is 5.25 Å². The monoisotopic (exact) mass is 401 g/mol. The minimum atomic E-state index is -0.407. The van der Waals surface area contributed by atoms with E-state index in [-0.39, 0.29) is 5.91 Å². The lowest BCUT2D eigenvalue weighted by molar-refractivity contribution is -0.115. The van der Waals surface area contributed by atoms with Gasteiger partial charge in [-0.3, -0.25) is 4.79 Å². The van der Waals surface area contributed by atoms with Gasteiger partial charge in [-0.05, 0) is 57.5 Å². The molecule has 1 atom stereocenters. The van der Waals surface area contributed by atoms with Gasteiger partial charge in [0.2, 0.25) is 11.8 Å². The third kappa shape index (κ3) is 4.70. The standard InChI is InChI=1S/C20H20ClN3O2S/c1-11-8-12(2)10-15(9-11)19-23-24-20(26-19)27-14(4)18(25)22-17-7-5-6-16(21)13(17)3/h5-10,14H,1-4H3,(H,22,25)/t14-/m0/s1. The molecule has 5 nitrogen and oxygen atoms in total. The lowest BCUT2D eigenvalue weighted by atomic mass is 10.1. The van der Waals surface area contributed by atoms with Crippen LogP contribution in [0.15, 0.2) is 46.0 Å². The zero-order chi connectivity index (χ0) is 19.6. The molecule has 0 saturated heterocycles. The molecule has 3 rings (SSSR count). The largest absolute Gasteiger partial charge is 0.411 e. The number of aromatic nitrogens is 2. The summed E-state index contributed by atoms with van der Waals surface area (Å²) in [7, 11) is 0. The molecule has 140 valence electrons. The molecule has 0 spiro atoms. The van der Waals surface area contributed by atoms with Crippen LogP contribution >= 0.6 is 23.4 Å². The number of hydrogen-bond acceptors (Lipinski definition) is 5. The maximum absolute atomic E-state index is 12.5. The topological polar surface area (TPSA) is 68.0 Å². The second-order valence-corrected chi connectivity index (χ2v) is 8.11. The highest BCUT2D eigenvalue weighted by Crippen LogP contribution is 2.29. The van der Waals surface area contributed by atoms with Crippen molar-refractivity contribution < 1.29 is 9.21 Å². The van der Waals surface area contributed by atoms with Gasteiger partial charge in [-0.15, -0.1) is 10.2 Å². The summed E-state index contributed by atoms with van der Waals surface area (Å²) < 4.78 is 5.73. The van der Waals surface area contributed by atoms with E-state index in [1.165, 1.54) is 11.8 Å². The van der Waals surface area contributed by atoms with Crippen LogP contribution in [0.1, 0.15) is 23.6 Å². The summed E-state index contributed by atoms with van der Waals surface area (Å²) in [4.78, 5) is 12.5. The number of rotatable bonds is 5. The van der Waals surface area contributed by atoms with E-state index >= 15 is 0 Å². The van der Waals surface area contributed by atoms with Crippen molar-refractivity contribution in [3.05, 3.63) is 58.1 Å². The Morgan fingerprint density at radius 1 is 1.15 bits per heavy atom. The van der Waals surface area contributed by atoms with Gasteiger partial charge >= 0.3 is 0 Å². The zero-order valence-electron chi connectivity index (χ0n) is 15.5. The number of nitrogens with zero attached hydrogens (tertiary/aromatic N) is 2. The summed E-state index contributed by atoms with van der Waals surface area (Å²) in [6.45, 7) is 7.70. The lowest BCUT2D eigenvalue weighted by Gasteiger charge is -2.12. The number of thioether (sulfide) groups is 1. The molecule has 3 aromatic rings. The Kier molecular flexibility index (Phi) is 5.87. The third-order valence-electron chi connectivity index (χ3n) is 4.05. The Morgan fingerprint density at radius 3 is 2.56 bits per heavy atom. The van der Waals surface area contributed by atoms with Gasteiger partial charge in [-0.1, -0.05) is 46.6 Å². The number of hydrogen-bond donors (Lipinski definition) is 1. The highest BCUT2D eigenvalue weighted by atomic mass is 35.5. The molecule has 1 heterocycles. The van der Waals surface area contributed by atoms with E-state index in [4.69, 9.17) is 16.0 Å². The van der Waals surface area contributed by atoms with Crippen molar-refractivity contribution in [3.63, 3.8) is 0 Å². The fourth-order valence-corrected chi connectivity index (χ4v) is 3.51. The number of nitrogens with one attached hydrogen (secondary N) is 1. The molecule has 1 aromatic heterocycles. The Hall–Kier alpha value is -2.31. The predicted octanol–water partition coefficient (Wildman–Crippen LogP) is 5.43. The van der Waals surface area contributed by atoms with Crippen molar-refractivity contribution in [3.8, 4) is 11.5 Å². The first-order valence-corrected chi connectivity index (χ1v) is 9.74. The number of carbonyl (C=O) groups excluding carboxylic acids is 1. The SMILES string of the molecule is Cc1cc(C)cc(-c2nnc(S[C@@H](C)C(=O)Nc3cccc(Cl)c3C)o2)c1. The molecule has 27 heavy (non-hydrogen) atoms. The van der Waals surface area contributed by atoms with Gasteiger partial charge in [0.25, 0.3) is 5.22 Å². The van der Waals surface area contributed by atoms with Crippen LogP contribution in [-0.4, -0.2) is 21.4 Å².